The van der Waals surface area contributed by atoms with Gasteiger partial charge in [0.05, 0.1) is 18.2 Å². The van der Waals surface area contributed by atoms with Crippen LogP contribution >= 0.6 is 35.6 Å². The smallest absolute Gasteiger partial charge is 0.194 e. The molecule has 1 aromatic rings. The van der Waals surface area contributed by atoms with E-state index >= 15 is 0 Å². The van der Waals surface area contributed by atoms with E-state index in [1.54, 1.807) is 0 Å². The predicted octanol–water partition coefficient (Wildman–Crippen LogP) is 4.05. The Morgan fingerprint density at radius 3 is 2.85 bits per heavy atom. The van der Waals surface area contributed by atoms with Crippen LogP contribution in [0.15, 0.2) is 29.3 Å². The molecular weight excluding hydrogens is 465 g/mol. The van der Waals surface area contributed by atoms with Crippen LogP contribution in [0, 0.1) is 5.92 Å². The highest BCUT2D eigenvalue weighted by Gasteiger charge is 2.25. The van der Waals surface area contributed by atoms with Crippen LogP contribution in [-0.4, -0.2) is 56.4 Å². The van der Waals surface area contributed by atoms with Crippen molar-refractivity contribution >= 4 is 41.5 Å². The average molecular weight is 496 g/mol. The summed E-state index contributed by atoms with van der Waals surface area (Å²) in [4.78, 5) is 7.07. The number of aliphatic imine (C=N–C) groups is 1. The molecule has 5 nitrogen and oxygen atoms in total. The first-order valence-corrected chi connectivity index (χ1v) is 9.54. The molecule has 1 aromatic carbocycles. The highest BCUT2D eigenvalue weighted by atomic mass is 127. The third kappa shape index (κ3) is 7.48. The second kappa shape index (κ2) is 12.6. The number of rotatable bonds is 8. The van der Waals surface area contributed by atoms with E-state index in [-0.39, 0.29) is 30.1 Å². The van der Waals surface area contributed by atoms with Crippen molar-refractivity contribution in [2.45, 2.75) is 33.3 Å². The fraction of sp³-hybridized carbons (Fsp3) is 0.632. The summed E-state index contributed by atoms with van der Waals surface area (Å²) in [7, 11) is 0. The fourth-order valence-electron chi connectivity index (χ4n) is 2.88. The molecule has 148 valence electrons. The monoisotopic (exact) mass is 495 g/mol. The number of nitrogens with zero attached hydrogens (tertiary/aromatic N) is 2. The Hall–Kier alpha value is -0.730. The molecule has 1 saturated heterocycles. The topological polar surface area (TPSA) is 46.1 Å². The third-order valence-electron chi connectivity index (χ3n) is 4.14. The van der Waals surface area contributed by atoms with Gasteiger partial charge in [-0.05, 0) is 39.3 Å². The Morgan fingerprint density at radius 1 is 1.38 bits per heavy atom. The van der Waals surface area contributed by atoms with Crippen LogP contribution < -0.4 is 10.1 Å². The molecule has 0 bridgehead atoms. The van der Waals surface area contributed by atoms with E-state index in [0.717, 1.165) is 45.2 Å². The average Bonchev–Trinajstić information content (AvgIpc) is 3.07. The van der Waals surface area contributed by atoms with Crippen LogP contribution in [0.2, 0.25) is 5.02 Å². The van der Waals surface area contributed by atoms with Crippen LogP contribution in [0.25, 0.3) is 0 Å². The summed E-state index contributed by atoms with van der Waals surface area (Å²) in [6, 6.07) is 7.53. The second-order valence-corrected chi connectivity index (χ2v) is 6.72. The lowest BCUT2D eigenvalue weighted by Gasteiger charge is -2.22. The largest absolute Gasteiger partial charge is 0.487 e. The van der Waals surface area contributed by atoms with Gasteiger partial charge in [-0.2, -0.15) is 0 Å². The molecule has 2 rings (SSSR count). The number of benzene rings is 1. The van der Waals surface area contributed by atoms with Gasteiger partial charge in [0, 0.05) is 32.2 Å². The first-order valence-electron chi connectivity index (χ1n) is 9.16. The Kier molecular flexibility index (Phi) is 11.3. The molecule has 1 fully saturated rings. The number of halogens is 2. The van der Waals surface area contributed by atoms with Gasteiger partial charge in [-0.3, -0.25) is 0 Å². The molecule has 2 unspecified atom stereocenters. The number of guanidine groups is 1. The van der Waals surface area contributed by atoms with E-state index in [9.17, 15) is 0 Å². The van der Waals surface area contributed by atoms with Gasteiger partial charge >= 0.3 is 0 Å². The number of hydrogen-bond donors (Lipinski definition) is 1. The van der Waals surface area contributed by atoms with Gasteiger partial charge in [0.2, 0.25) is 0 Å². The lowest BCUT2D eigenvalue weighted by molar-refractivity contribution is 0.114. The Balaban J connectivity index is 0.00000338. The van der Waals surface area contributed by atoms with Crippen LogP contribution in [0.3, 0.4) is 0 Å². The molecule has 1 heterocycles. The zero-order valence-electron chi connectivity index (χ0n) is 15.9. The highest BCUT2D eigenvalue weighted by molar-refractivity contribution is 14.0. The van der Waals surface area contributed by atoms with E-state index in [2.05, 4.69) is 17.1 Å². The minimum atomic E-state index is -0.0459. The van der Waals surface area contributed by atoms with Crippen molar-refractivity contribution in [1.29, 1.82) is 0 Å². The van der Waals surface area contributed by atoms with Gasteiger partial charge in [0.15, 0.2) is 5.96 Å². The standard InChI is InChI=1S/C19H30ClN3O2.HI/c1-4-21-19(23-11-10-16(13-23)14-24-5-2)22-12-15(3)25-18-9-7-6-8-17(18)20;/h6-9,15-16H,4-5,10-14H2,1-3H3,(H,21,22);1H. The molecule has 0 aromatic heterocycles. The summed E-state index contributed by atoms with van der Waals surface area (Å²) in [6.07, 6.45) is 1.10. The van der Waals surface area contributed by atoms with Crippen LogP contribution in [-0.2, 0) is 4.74 Å². The minimum absolute atomic E-state index is 0. The van der Waals surface area contributed by atoms with Crippen molar-refractivity contribution in [3.8, 4) is 5.75 Å². The van der Waals surface area contributed by atoms with Gasteiger partial charge in [-0.1, -0.05) is 23.7 Å². The zero-order chi connectivity index (χ0) is 18.1. The molecule has 2 atom stereocenters. The van der Waals surface area contributed by atoms with Gasteiger partial charge < -0.3 is 19.7 Å². The molecule has 26 heavy (non-hydrogen) atoms. The highest BCUT2D eigenvalue weighted by Crippen LogP contribution is 2.24. The Bertz CT molecular complexity index is 559. The van der Waals surface area contributed by atoms with Crippen LogP contribution in [0.5, 0.6) is 5.75 Å². The van der Waals surface area contributed by atoms with Crippen molar-refractivity contribution in [1.82, 2.24) is 10.2 Å². The van der Waals surface area contributed by atoms with Gasteiger partial charge in [0.25, 0.3) is 0 Å². The van der Waals surface area contributed by atoms with Gasteiger partial charge in [-0.25, -0.2) is 4.99 Å². The summed E-state index contributed by atoms with van der Waals surface area (Å²) < 4.78 is 11.5. The maximum Gasteiger partial charge on any atom is 0.194 e. The fourth-order valence-corrected chi connectivity index (χ4v) is 3.06. The predicted molar refractivity (Wildman–Crippen MR) is 119 cm³/mol. The van der Waals surface area contributed by atoms with E-state index < -0.39 is 0 Å². The Morgan fingerprint density at radius 2 is 2.15 bits per heavy atom. The summed E-state index contributed by atoms with van der Waals surface area (Å²) in [5.41, 5.74) is 0. The van der Waals surface area contributed by atoms with Crippen LogP contribution in [0.4, 0.5) is 0 Å². The van der Waals surface area contributed by atoms with E-state index in [4.69, 9.17) is 26.1 Å². The van der Waals surface area contributed by atoms with Crippen molar-refractivity contribution in [2.75, 3.05) is 39.4 Å². The summed E-state index contributed by atoms with van der Waals surface area (Å²) >= 11 is 6.15. The van der Waals surface area contributed by atoms with E-state index in [1.165, 1.54) is 0 Å². The van der Waals surface area contributed by atoms with Gasteiger partial charge in [0.1, 0.15) is 11.9 Å². The summed E-state index contributed by atoms with van der Waals surface area (Å²) in [5.74, 6) is 2.24. The maximum absolute atomic E-state index is 6.15. The van der Waals surface area contributed by atoms with E-state index in [1.807, 2.05) is 38.1 Å². The molecular formula is C19H31ClIN3O2. The van der Waals surface area contributed by atoms with Crippen molar-refractivity contribution < 1.29 is 9.47 Å². The van der Waals surface area contributed by atoms with Crippen molar-refractivity contribution in [2.24, 2.45) is 10.9 Å². The third-order valence-corrected chi connectivity index (χ3v) is 4.45. The maximum atomic E-state index is 6.15. The normalized spacial score (nSPS) is 18.4. The molecule has 1 aliphatic heterocycles. The van der Waals surface area contributed by atoms with Crippen LogP contribution in [0.1, 0.15) is 27.2 Å². The molecule has 0 saturated carbocycles. The number of nitrogens with one attached hydrogen (secondary N) is 1. The molecule has 0 amide bonds. The zero-order valence-corrected chi connectivity index (χ0v) is 19.0. The van der Waals surface area contributed by atoms with Gasteiger partial charge in [-0.15, -0.1) is 24.0 Å². The Labute approximate surface area is 179 Å². The molecule has 0 spiro atoms. The lowest BCUT2D eigenvalue weighted by Crippen LogP contribution is -2.41. The number of para-hydroxylation sites is 1. The molecule has 0 radical (unpaired) electrons. The minimum Gasteiger partial charge on any atom is -0.487 e. The SMILES string of the molecule is CCNC(=NCC(C)Oc1ccccc1Cl)N1CCC(COCC)C1.I. The number of hydrogen-bond acceptors (Lipinski definition) is 3. The first-order chi connectivity index (χ1) is 12.1. The number of ether oxygens (including phenoxy) is 2. The molecule has 1 aliphatic rings. The van der Waals surface area contributed by atoms with E-state index in [0.29, 0.717) is 23.2 Å². The molecule has 1 N–H and O–H groups in total. The first kappa shape index (κ1) is 23.3. The second-order valence-electron chi connectivity index (χ2n) is 6.31. The number of likely N-dealkylation sites (tertiary alicyclic amines) is 1. The summed E-state index contributed by atoms with van der Waals surface area (Å²) in [6.45, 7) is 11.2. The lowest BCUT2D eigenvalue weighted by atomic mass is 10.1. The molecule has 7 heteroatoms. The van der Waals surface area contributed by atoms with Crippen molar-refractivity contribution in [3.63, 3.8) is 0 Å². The quantitative estimate of drug-likeness (QED) is 0.336. The van der Waals surface area contributed by atoms with Crippen molar-refractivity contribution in [3.05, 3.63) is 29.3 Å². The molecule has 0 aliphatic carbocycles. The summed E-state index contributed by atoms with van der Waals surface area (Å²) in [5, 5.41) is 4.01.